The third-order valence-corrected chi connectivity index (χ3v) is 3.41. The minimum absolute atomic E-state index is 0.228. The summed E-state index contributed by atoms with van der Waals surface area (Å²) < 4.78 is 6.23. The Kier molecular flexibility index (Phi) is 4.01. The molecule has 91 valence electrons. The van der Waals surface area contributed by atoms with E-state index in [0.29, 0.717) is 5.92 Å². The highest BCUT2D eigenvalue weighted by molar-refractivity contribution is 5.21. The van der Waals surface area contributed by atoms with Crippen molar-refractivity contribution in [3.05, 3.63) is 54.5 Å². The summed E-state index contributed by atoms with van der Waals surface area (Å²) >= 11 is 0. The van der Waals surface area contributed by atoms with Crippen LogP contribution in [0.4, 0.5) is 0 Å². The fourth-order valence-corrected chi connectivity index (χ4v) is 2.49. The minimum Gasteiger partial charge on any atom is -0.366 e. The van der Waals surface area contributed by atoms with Gasteiger partial charge in [0.25, 0.3) is 0 Å². The zero-order valence-corrected chi connectivity index (χ0v) is 10.7. The van der Waals surface area contributed by atoms with Gasteiger partial charge in [0.2, 0.25) is 0 Å². The molecule has 1 aliphatic rings. The molecule has 0 aromatic heterocycles. The molecule has 1 saturated heterocycles. The van der Waals surface area contributed by atoms with Crippen molar-refractivity contribution in [3.63, 3.8) is 0 Å². The van der Waals surface area contributed by atoms with Crippen molar-refractivity contribution in [2.45, 2.75) is 38.9 Å². The molecule has 1 nitrogen and oxygen atoms in total. The van der Waals surface area contributed by atoms with Gasteiger partial charge in [-0.05, 0) is 36.8 Å². The van der Waals surface area contributed by atoms with Crippen molar-refractivity contribution in [2.24, 2.45) is 5.92 Å². The quantitative estimate of drug-likeness (QED) is 0.733. The van der Waals surface area contributed by atoms with Gasteiger partial charge in [0.15, 0.2) is 0 Å². The van der Waals surface area contributed by atoms with E-state index < -0.39 is 0 Å². The summed E-state index contributed by atoms with van der Waals surface area (Å²) in [5.74, 6) is 0.509. The summed E-state index contributed by atoms with van der Waals surface area (Å²) in [6.07, 6.45) is 4.62. The molecule has 0 aliphatic carbocycles. The van der Waals surface area contributed by atoms with E-state index >= 15 is 0 Å². The molecule has 0 N–H and O–H groups in total. The van der Waals surface area contributed by atoms with Crippen LogP contribution in [0.3, 0.4) is 0 Å². The summed E-state index contributed by atoms with van der Waals surface area (Å²) in [6, 6.07) is 10.5. The summed E-state index contributed by atoms with van der Waals surface area (Å²) in [6.45, 7) is 8.32. The van der Waals surface area contributed by atoms with Crippen molar-refractivity contribution in [2.75, 3.05) is 0 Å². The normalized spacial score (nSPS) is 27.6. The molecule has 1 aromatic rings. The van der Waals surface area contributed by atoms with Crippen LogP contribution in [0.5, 0.6) is 0 Å². The Morgan fingerprint density at radius 1 is 1.29 bits per heavy atom. The van der Waals surface area contributed by atoms with Crippen molar-refractivity contribution in [1.82, 2.24) is 0 Å². The fourth-order valence-electron chi connectivity index (χ4n) is 2.49. The lowest BCUT2D eigenvalue weighted by molar-refractivity contribution is -0.0417. The molecule has 1 heterocycles. The Balaban J connectivity index is 2.14. The number of hydrogen-bond acceptors (Lipinski definition) is 1. The second-order valence-electron chi connectivity index (χ2n) is 5.02. The second-order valence-corrected chi connectivity index (χ2v) is 5.02. The van der Waals surface area contributed by atoms with Crippen molar-refractivity contribution in [3.8, 4) is 0 Å². The second kappa shape index (κ2) is 5.50. The lowest BCUT2D eigenvalue weighted by Gasteiger charge is -2.35. The molecular formula is C16H21O. The maximum absolute atomic E-state index is 6.23. The first-order valence-electron chi connectivity index (χ1n) is 6.41. The molecule has 0 amide bonds. The van der Waals surface area contributed by atoms with E-state index in [1.54, 1.807) is 0 Å². The largest absolute Gasteiger partial charge is 0.366 e. The number of hydrogen-bond donors (Lipinski definition) is 0. The first-order valence-corrected chi connectivity index (χ1v) is 6.41. The Hall–Kier alpha value is -1.08. The number of allylic oxidation sites excluding steroid dienone is 1. The van der Waals surface area contributed by atoms with E-state index in [0.717, 1.165) is 12.8 Å². The Morgan fingerprint density at radius 2 is 2.00 bits per heavy atom. The summed E-state index contributed by atoms with van der Waals surface area (Å²) in [5, 5.41) is 0. The SMILES string of the molecule is [CH2]C=C1CCC(c2ccccc2)OC1C(C)C. The number of rotatable bonds is 2. The van der Waals surface area contributed by atoms with Crippen LogP contribution in [-0.2, 0) is 4.74 Å². The maximum Gasteiger partial charge on any atom is 0.0836 e. The molecule has 1 aromatic carbocycles. The van der Waals surface area contributed by atoms with E-state index in [9.17, 15) is 0 Å². The average molecular weight is 229 g/mol. The zero-order valence-electron chi connectivity index (χ0n) is 10.7. The lowest BCUT2D eigenvalue weighted by atomic mass is 9.89. The molecule has 1 heteroatoms. The summed E-state index contributed by atoms with van der Waals surface area (Å²) in [4.78, 5) is 0. The molecule has 0 saturated carbocycles. The Bertz CT molecular complexity index is 378. The molecule has 1 aliphatic heterocycles. The predicted octanol–water partition coefficient (Wildman–Crippen LogP) is 4.32. The molecule has 1 fully saturated rings. The smallest absolute Gasteiger partial charge is 0.0836 e. The maximum atomic E-state index is 6.23. The third kappa shape index (κ3) is 2.78. The minimum atomic E-state index is 0.228. The average Bonchev–Trinajstić information content (AvgIpc) is 2.39. The van der Waals surface area contributed by atoms with Gasteiger partial charge in [0.05, 0.1) is 12.2 Å². The highest BCUT2D eigenvalue weighted by atomic mass is 16.5. The Morgan fingerprint density at radius 3 is 2.59 bits per heavy atom. The lowest BCUT2D eigenvalue weighted by Crippen LogP contribution is -2.29. The van der Waals surface area contributed by atoms with Crippen LogP contribution in [0.25, 0.3) is 0 Å². The summed E-state index contributed by atoms with van der Waals surface area (Å²) in [5.41, 5.74) is 2.65. The van der Waals surface area contributed by atoms with Gasteiger partial charge in [0, 0.05) is 0 Å². The zero-order chi connectivity index (χ0) is 12.3. The topological polar surface area (TPSA) is 9.23 Å². The van der Waals surface area contributed by atoms with Gasteiger partial charge in [-0.2, -0.15) is 0 Å². The number of benzene rings is 1. The van der Waals surface area contributed by atoms with Gasteiger partial charge >= 0.3 is 0 Å². The van der Waals surface area contributed by atoms with E-state index in [1.165, 1.54) is 11.1 Å². The van der Waals surface area contributed by atoms with E-state index in [4.69, 9.17) is 4.74 Å². The van der Waals surface area contributed by atoms with Crippen LogP contribution in [0, 0.1) is 12.8 Å². The molecule has 1 radical (unpaired) electrons. The van der Waals surface area contributed by atoms with Crippen molar-refractivity contribution < 1.29 is 4.74 Å². The van der Waals surface area contributed by atoms with Crippen LogP contribution >= 0.6 is 0 Å². The first-order chi connectivity index (χ1) is 8.22. The highest BCUT2D eigenvalue weighted by Crippen LogP contribution is 2.36. The van der Waals surface area contributed by atoms with E-state index in [-0.39, 0.29) is 12.2 Å². The van der Waals surface area contributed by atoms with Crippen LogP contribution < -0.4 is 0 Å². The summed E-state index contributed by atoms with van der Waals surface area (Å²) in [7, 11) is 0. The van der Waals surface area contributed by atoms with Crippen molar-refractivity contribution >= 4 is 0 Å². The molecular weight excluding hydrogens is 208 g/mol. The standard InChI is InChI=1S/C16H21O/c1-4-13-10-11-15(17-16(13)12(2)3)14-8-6-5-7-9-14/h4-9,12,15-16H,1,10-11H2,2-3H3. The van der Waals surface area contributed by atoms with Crippen molar-refractivity contribution in [1.29, 1.82) is 0 Å². The van der Waals surface area contributed by atoms with Gasteiger partial charge in [-0.3, -0.25) is 0 Å². The molecule has 2 atom stereocenters. The molecule has 0 bridgehead atoms. The van der Waals surface area contributed by atoms with Crippen LogP contribution in [-0.4, -0.2) is 6.10 Å². The Labute approximate surface area is 104 Å². The van der Waals surface area contributed by atoms with Gasteiger partial charge in [-0.15, -0.1) is 0 Å². The number of ether oxygens (including phenoxy) is 1. The monoisotopic (exact) mass is 229 g/mol. The van der Waals surface area contributed by atoms with E-state index in [2.05, 4.69) is 45.0 Å². The fraction of sp³-hybridized carbons (Fsp3) is 0.438. The van der Waals surface area contributed by atoms with E-state index in [1.807, 2.05) is 12.1 Å². The van der Waals surface area contributed by atoms with Crippen LogP contribution in [0.15, 0.2) is 42.0 Å². The van der Waals surface area contributed by atoms with Gasteiger partial charge in [0.1, 0.15) is 0 Å². The highest BCUT2D eigenvalue weighted by Gasteiger charge is 2.28. The van der Waals surface area contributed by atoms with Crippen LogP contribution in [0.1, 0.15) is 38.4 Å². The molecule has 2 rings (SSSR count). The predicted molar refractivity (Wildman–Crippen MR) is 71.6 cm³/mol. The van der Waals surface area contributed by atoms with Gasteiger partial charge < -0.3 is 4.74 Å². The van der Waals surface area contributed by atoms with Gasteiger partial charge in [-0.25, -0.2) is 0 Å². The molecule has 17 heavy (non-hydrogen) atoms. The molecule has 2 unspecified atom stereocenters. The molecule has 0 spiro atoms. The van der Waals surface area contributed by atoms with Gasteiger partial charge in [-0.1, -0.05) is 50.3 Å². The first kappa shape index (κ1) is 12.4. The third-order valence-electron chi connectivity index (χ3n) is 3.41. The van der Waals surface area contributed by atoms with Crippen LogP contribution in [0.2, 0.25) is 0 Å².